The van der Waals surface area contributed by atoms with E-state index in [4.69, 9.17) is 4.43 Å². The number of aliphatic hydroxyl groups is 1. The molecule has 32 heavy (non-hydrogen) atoms. The van der Waals surface area contributed by atoms with E-state index < -0.39 is 8.32 Å². The highest BCUT2D eigenvalue weighted by atomic mass is 28.4. The van der Waals surface area contributed by atoms with Crippen LogP contribution in [0.1, 0.15) is 99.3 Å². The molecule has 1 N–H and O–H groups in total. The SMILES string of the molecule is CC(=O)C12CC[C@H]3[C@@H](CC[C@H]4CC(O[Si](C)(C)C(C)(C)C)CC[C@@]43C)[C@@H]1CC[C@@H]2C(C)O. The Bertz CT molecular complexity index is 725. The molecule has 0 aromatic rings. The van der Waals surface area contributed by atoms with Crippen molar-refractivity contribution in [3.63, 3.8) is 0 Å². The molecule has 4 aliphatic rings. The normalized spacial score (nSPS) is 45.5. The minimum Gasteiger partial charge on any atom is -0.414 e. The van der Waals surface area contributed by atoms with Crippen molar-refractivity contribution in [3.05, 3.63) is 0 Å². The number of hydrogen-bond donors (Lipinski definition) is 1. The van der Waals surface area contributed by atoms with Crippen molar-refractivity contribution >= 4 is 14.1 Å². The summed E-state index contributed by atoms with van der Waals surface area (Å²) in [6.07, 6.45) is 10.8. The average molecular weight is 463 g/mol. The summed E-state index contributed by atoms with van der Waals surface area (Å²) in [6, 6.07) is 0. The van der Waals surface area contributed by atoms with E-state index >= 15 is 0 Å². The standard InChI is InChI=1S/C28H50O3Si/c1-18(29)23-11-12-25-22-10-9-20-17-21(31-32(7,8)26(3,4)5)13-15-27(20,6)24(22)14-16-28(23,25)19(2)30/h18,20-25,29H,9-17H2,1-8H3/t18?,20-,21?,22+,23+,24-,25-,27-,28?/m0/s1. The maximum atomic E-state index is 13.1. The van der Waals surface area contributed by atoms with Gasteiger partial charge in [-0.05, 0) is 125 Å². The summed E-state index contributed by atoms with van der Waals surface area (Å²) < 4.78 is 6.90. The lowest BCUT2D eigenvalue weighted by Crippen LogP contribution is -2.57. The van der Waals surface area contributed by atoms with Crippen molar-refractivity contribution in [1.29, 1.82) is 0 Å². The highest BCUT2D eigenvalue weighted by molar-refractivity contribution is 6.74. The molecule has 0 spiro atoms. The number of aliphatic hydroxyl groups excluding tert-OH is 1. The van der Waals surface area contributed by atoms with Gasteiger partial charge in [0.05, 0.1) is 6.10 Å². The molecule has 0 amide bonds. The van der Waals surface area contributed by atoms with E-state index in [1.165, 1.54) is 38.5 Å². The largest absolute Gasteiger partial charge is 0.414 e. The smallest absolute Gasteiger partial charge is 0.192 e. The maximum absolute atomic E-state index is 13.1. The second-order valence-electron chi connectivity index (χ2n) is 14.0. The zero-order valence-corrected chi connectivity index (χ0v) is 23.2. The van der Waals surface area contributed by atoms with E-state index in [-0.39, 0.29) is 22.5 Å². The molecule has 0 aromatic heterocycles. The van der Waals surface area contributed by atoms with Gasteiger partial charge in [0.1, 0.15) is 5.78 Å². The Balaban J connectivity index is 1.52. The molecule has 4 saturated carbocycles. The number of carbonyl (C=O) groups is 1. The lowest BCUT2D eigenvalue weighted by atomic mass is 9.44. The van der Waals surface area contributed by atoms with E-state index in [0.29, 0.717) is 29.1 Å². The molecule has 0 saturated heterocycles. The van der Waals surface area contributed by atoms with Crippen LogP contribution in [0.2, 0.25) is 18.1 Å². The van der Waals surface area contributed by atoms with Gasteiger partial charge in [-0.2, -0.15) is 0 Å². The van der Waals surface area contributed by atoms with E-state index in [2.05, 4.69) is 40.8 Å². The molecule has 3 nitrogen and oxygen atoms in total. The van der Waals surface area contributed by atoms with Crippen molar-refractivity contribution in [2.75, 3.05) is 0 Å². The van der Waals surface area contributed by atoms with Crippen molar-refractivity contribution in [2.24, 2.45) is 40.4 Å². The lowest BCUT2D eigenvalue weighted by molar-refractivity contribution is -0.157. The summed E-state index contributed by atoms with van der Waals surface area (Å²) in [5, 5.41) is 10.8. The number of hydrogen-bond acceptors (Lipinski definition) is 3. The fourth-order valence-electron chi connectivity index (χ4n) is 9.01. The minimum atomic E-state index is -1.73. The Morgan fingerprint density at radius 1 is 1.03 bits per heavy atom. The van der Waals surface area contributed by atoms with E-state index in [1.54, 1.807) is 0 Å². The Labute approximate surface area is 198 Å². The van der Waals surface area contributed by atoms with Gasteiger partial charge in [-0.3, -0.25) is 4.79 Å². The highest BCUT2D eigenvalue weighted by Crippen LogP contribution is 2.68. The number of fused-ring (bicyclic) bond motifs is 5. The first-order valence-corrected chi connectivity index (χ1v) is 16.5. The quantitative estimate of drug-likeness (QED) is 0.458. The predicted molar refractivity (Wildman–Crippen MR) is 134 cm³/mol. The zero-order valence-electron chi connectivity index (χ0n) is 22.2. The van der Waals surface area contributed by atoms with Crippen LogP contribution in [-0.4, -0.2) is 31.4 Å². The third-order valence-electron chi connectivity index (χ3n) is 11.7. The first-order valence-electron chi connectivity index (χ1n) is 13.6. The van der Waals surface area contributed by atoms with E-state index in [0.717, 1.165) is 31.1 Å². The summed E-state index contributed by atoms with van der Waals surface area (Å²) in [6.45, 7) is 18.2. The van der Waals surface area contributed by atoms with Crippen LogP contribution < -0.4 is 0 Å². The van der Waals surface area contributed by atoms with Gasteiger partial charge < -0.3 is 9.53 Å². The van der Waals surface area contributed by atoms with Gasteiger partial charge in [0.15, 0.2) is 8.32 Å². The van der Waals surface area contributed by atoms with Gasteiger partial charge in [-0.1, -0.05) is 27.7 Å². The molecule has 0 radical (unpaired) electrons. The number of rotatable bonds is 4. The summed E-state index contributed by atoms with van der Waals surface area (Å²) >= 11 is 0. The Morgan fingerprint density at radius 2 is 1.72 bits per heavy atom. The molecule has 0 heterocycles. The van der Waals surface area contributed by atoms with E-state index in [1.807, 2.05) is 13.8 Å². The molecule has 4 aliphatic carbocycles. The maximum Gasteiger partial charge on any atom is 0.192 e. The molecular formula is C28H50O3Si. The molecular weight excluding hydrogens is 412 g/mol. The second kappa shape index (κ2) is 8.19. The molecule has 0 bridgehead atoms. The summed E-state index contributed by atoms with van der Waals surface area (Å²) in [4.78, 5) is 13.1. The van der Waals surface area contributed by atoms with Crippen molar-refractivity contribution < 1.29 is 14.3 Å². The molecule has 184 valence electrons. The van der Waals surface area contributed by atoms with Crippen LogP contribution in [0.3, 0.4) is 0 Å². The van der Waals surface area contributed by atoms with Gasteiger partial charge in [0.25, 0.3) is 0 Å². The van der Waals surface area contributed by atoms with Crippen molar-refractivity contribution in [3.8, 4) is 0 Å². The molecule has 4 rings (SSSR count). The van der Waals surface area contributed by atoms with Crippen LogP contribution >= 0.6 is 0 Å². The van der Waals surface area contributed by atoms with Gasteiger partial charge in [0, 0.05) is 11.5 Å². The minimum absolute atomic E-state index is 0.171. The predicted octanol–water partition coefficient (Wildman–Crippen LogP) is 6.99. The molecule has 3 unspecified atom stereocenters. The van der Waals surface area contributed by atoms with Gasteiger partial charge in [-0.15, -0.1) is 0 Å². The molecule has 4 heteroatoms. The Hall–Kier alpha value is -0.193. The van der Waals surface area contributed by atoms with Crippen molar-refractivity contribution in [1.82, 2.24) is 0 Å². The number of carbonyl (C=O) groups excluding carboxylic acids is 1. The number of Topliss-reactive ketones (excluding diaryl/α,β-unsaturated/α-hetero) is 1. The Morgan fingerprint density at radius 3 is 2.31 bits per heavy atom. The molecule has 0 aromatic carbocycles. The summed E-state index contributed by atoms with van der Waals surface area (Å²) in [5.41, 5.74) is 0.156. The monoisotopic (exact) mass is 462 g/mol. The van der Waals surface area contributed by atoms with Gasteiger partial charge in [0.2, 0.25) is 0 Å². The third kappa shape index (κ3) is 3.70. The van der Waals surface area contributed by atoms with Crippen LogP contribution in [-0.2, 0) is 9.22 Å². The molecule has 0 aliphatic heterocycles. The van der Waals surface area contributed by atoms with Crippen molar-refractivity contribution in [2.45, 2.75) is 130 Å². The van der Waals surface area contributed by atoms with Crippen LogP contribution in [0, 0.1) is 40.4 Å². The first kappa shape index (κ1) is 24.9. The fourth-order valence-corrected chi connectivity index (χ4v) is 10.4. The van der Waals surface area contributed by atoms with Crippen LogP contribution in [0.5, 0.6) is 0 Å². The van der Waals surface area contributed by atoms with Crippen LogP contribution in [0.15, 0.2) is 0 Å². The van der Waals surface area contributed by atoms with Crippen LogP contribution in [0.25, 0.3) is 0 Å². The number of ketones is 1. The molecule has 9 atom stereocenters. The summed E-state index contributed by atoms with van der Waals surface area (Å²) in [5.74, 6) is 3.23. The van der Waals surface area contributed by atoms with Gasteiger partial charge in [-0.25, -0.2) is 0 Å². The Kier molecular flexibility index (Phi) is 6.38. The zero-order chi connectivity index (χ0) is 23.7. The first-order chi connectivity index (χ1) is 14.7. The summed E-state index contributed by atoms with van der Waals surface area (Å²) in [7, 11) is -1.73. The fraction of sp³-hybridized carbons (Fsp3) is 0.964. The second-order valence-corrected chi connectivity index (χ2v) is 18.7. The highest BCUT2D eigenvalue weighted by Gasteiger charge is 2.64. The topological polar surface area (TPSA) is 46.5 Å². The van der Waals surface area contributed by atoms with E-state index in [9.17, 15) is 9.90 Å². The van der Waals surface area contributed by atoms with Crippen LogP contribution in [0.4, 0.5) is 0 Å². The lowest BCUT2D eigenvalue weighted by Gasteiger charge is -2.61. The third-order valence-corrected chi connectivity index (χ3v) is 16.2. The molecule has 4 fully saturated rings. The average Bonchev–Trinajstić information content (AvgIpc) is 3.08. The van der Waals surface area contributed by atoms with Gasteiger partial charge >= 0.3 is 0 Å².